The fourth-order valence-corrected chi connectivity index (χ4v) is 1.57. The maximum atomic E-state index is 9.67. The summed E-state index contributed by atoms with van der Waals surface area (Å²) in [4.78, 5) is 0. The maximum absolute atomic E-state index is 9.67. The van der Waals surface area contributed by atoms with Crippen molar-refractivity contribution in [2.75, 3.05) is 0 Å². The molecule has 1 aromatic heterocycles. The Balaban J connectivity index is 3.35. The molecule has 0 amide bonds. The van der Waals surface area contributed by atoms with E-state index >= 15 is 0 Å². The van der Waals surface area contributed by atoms with Gasteiger partial charge in [-0.05, 0) is 11.5 Å². The SMILES string of the molecule is Cc1ccc(C(C)(C)C)c(C)[n+]1O. The molecule has 0 aliphatic rings. The van der Waals surface area contributed by atoms with Crippen LogP contribution in [0.2, 0.25) is 0 Å². The van der Waals surface area contributed by atoms with Crippen molar-refractivity contribution < 1.29 is 9.94 Å². The molecule has 0 bridgehead atoms. The average Bonchev–Trinajstić information content (AvgIpc) is 1.98. The molecular formula is C11H18NO+. The molecular weight excluding hydrogens is 162 g/mol. The van der Waals surface area contributed by atoms with E-state index in [1.165, 1.54) is 10.3 Å². The Kier molecular flexibility index (Phi) is 2.33. The van der Waals surface area contributed by atoms with Crippen LogP contribution in [0.1, 0.15) is 37.7 Å². The molecule has 72 valence electrons. The largest absolute Gasteiger partial charge is 0.285 e. The third-order valence-electron chi connectivity index (χ3n) is 2.34. The van der Waals surface area contributed by atoms with Gasteiger partial charge < -0.3 is 0 Å². The molecule has 0 radical (unpaired) electrons. The number of hydrogen-bond acceptors (Lipinski definition) is 1. The number of rotatable bonds is 0. The van der Waals surface area contributed by atoms with Crippen LogP contribution in [0.3, 0.4) is 0 Å². The second-order valence-electron chi connectivity index (χ2n) is 4.54. The van der Waals surface area contributed by atoms with E-state index in [2.05, 4.69) is 26.8 Å². The van der Waals surface area contributed by atoms with Crippen molar-refractivity contribution in [1.82, 2.24) is 0 Å². The minimum Gasteiger partial charge on any atom is -0.285 e. The molecule has 2 nitrogen and oxygen atoms in total. The van der Waals surface area contributed by atoms with E-state index in [-0.39, 0.29) is 5.41 Å². The van der Waals surface area contributed by atoms with E-state index in [1.807, 2.05) is 19.9 Å². The first-order valence-electron chi connectivity index (χ1n) is 4.56. The minimum absolute atomic E-state index is 0.0856. The van der Waals surface area contributed by atoms with Gasteiger partial charge >= 0.3 is 0 Å². The molecule has 0 atom stereocenters. The van der Waals surface area contributed by atoms with Gasteiger partial charge in [0.1, 0.15) is 0 Å². The lowest BCUT2D eigenvalue weighted by Gasteiger charge is -2.18. The molecule has 0 fully saturated rings. The lowest BCUT2D eigenvalue weighted by Crippen LogP contribution is -2.39. The van der Waals surface area contributed by atoms with Gasteiger partial charge in [0, 0.05) is 30.2 Å². The van der Waals surface area contributed by atoms with E-state index in [0.717, 1.165) is 11.4 Å². The number of pyridine rings is 1. The van der Waals surface area contributed by atoms with Gasteiger partial charge in [-0.25, -0.2) is 0 Å². The van der Waals surface area contributed by atoms with Crippen LogP contribution >= 0.6 is 0 Å². The van der Waals surface area contributed by atoms with Crippen molar-refractivity contribution >= 4 is 0 Å². The zero-order valence-electron chi connectivity index (χ0n) is 9.05. The summed E-state index contributed by atoms with van der Waals surface area (Å²) in [5.74, 6) is 0. The molecule has 0 saturated carbocycles. The predicted molar refractivity (Wildman–Crippen MR) is 52.0 cm³/mol. The summed E-state index contributed by atoms with van der Waals surface area (Å²) >= 11 is 0. The summed E-state index contributed by atoms with van der Waals surface area (Å²) in [5.41, 5.74) is 3.06. The maximum Gasteiger partial charge on any atom is 0.235 e. The van der Waals surface area contributed by atoms with Crippen molar-refractivity contribution in [2.24, 2.45) is 0 Å². The third kappa shape index (κ3) is 1.82. The summed E-state index contributed by atoms with van der Waals surface area (Å²) in [6.07, 6.45) is 0. The van der Waals surface area contributed by atoms with E-state index in [4.69, 9.17) is 0 Å². The fraction of sp³-hybridized carbons (Fsp3) is 0.545. The zero-order chi connectivity index (χ0) is 10.2. The average molecular weight is 180 g/mol. The van der Waals surface area contributed by atoms with Gasteiger partial charge in [0.25, 0.3) is 0 Å². The van der Waals surface area contributed by atoms with Gasteiger partial charge in [-0.15, -0.1) is 0 Å². The minimum atomic E-state index is 0.0856. The van der Waals surface area contributed by atoms with E-state index in [1.54, 1.807) is 0 Å². The molecule has 1 rings (SSSR count). The summed E-state index contributed by atoms with van der Waals surface area (Å²) in [6, 6.07) is 4.02. The van der Waals surface area contributed by atoms with Crippen molar-refractivity contribution in [3.63, 3.8) is 0 Å². The van der Waals surface area contributed by atoms with Gasteiger partial charge in [-0.2, -0.15) is 0 Å². The Morgan fingerprint density at radius 2 is 1.69 bits per heavy atom. The monoisotopic (exact) mass is 180 g/mol. The van der Waals surface area contributed by atoms with E-state index < -0.39 is 0 Å². The molecule has 0 unspecified atom stereocenters. The number of nitrogens with zero attached hydrogens (tertiary/aromatic N) is 1. The first kappa shape index (κ1) is 10.0. The molecule has 0 spiro atoms. The molecule has 1 aromatic rings. The highest BCUT2D eigenvalue weighted by Crippen LogP contribution is 2.23. The number of aryl methyl sites for hydroxylation is 1. The fourth-order valence-electron chi connectivity index (χ4n) is 1.57. The molecule has 2 heteroatoms. The molecule has 0 aromatic carbocycles. The van der Waals surface area contributed by atoms with Crippen LogP contribution in [-0.4, -0.2) is 5.21 Å². The Morgan fingerprint density at radius 1 is 1.15 bits per heavy atom. The third-order valence-corrected chi connectivity index (χ3v) is 2.34. The summed E-state index contributed by atoms with van der Waals surface area (Å²) in [5, 5.41) is 9.67. The molecule has 13 heavy (non-hydrogen) atoms. The van der Waals surface area contributed by atoms with Crippen LogP contribution in [0, 0.1) is 13.8 Å². The highest BCUT2D eigenvalue weighted by molar-refractivity contribution is 5.24. The van der Waals surface area contributed by atoms with E-state index in [9.17, 15) is 5.21 Å². The first-order chi connectivity index (χ1) is 5.84. The van der Waals surface area contributed by atoms with Crippen LogP contribution in [0.5, 0.6) is 0 Å². The highest BCUT2D eigenvalue weighted by Gasteiger charge is 2.23. The second-order valence-corrected chi connectivity index (χ2v) is 4.54. The van der Waals surface area contributed by atoms with Gasteiger partial charge in [0.2, 0.25) is 11.4 Å². The number of hydrogen-bond donors (Lipinski definition) is 1. The Hall–Kier alpha value is -1.05. The van der Waals surface area contributed by atoms with Crippen LogP contribution in [0.15, 0.2) is 12.1 Å². The quantitative estimate of drug-likeness (QED) is 0.480. The summed E-state index contributed by atoms with van der Waals surface area (Å²) in [6.45, 7) is 10.3. The van der Waals surface area contributed by atoms with Crippen LogP contribution in [0.4, 0.5) is 0 Å². The van der Waals surface area contributed by atoms with Crippen molar-refractivity contribution in [1.29, 1.82) is 0 Å². The topological polar surface area (TPSA) is 24.1 Å². The summed E-state index contributed by atoms with van der Waals surface area (Å²) < 4.78 is 1.25. The first-order valence-corrected chi connectivity index (χ1v) is 4.56. The summed E-state index contributed by atoms with van der Waals surface area (Å²) in [7, 11) is 0. The van der Waals surface area contributed by atoms with Crippen molar-refractivity contribution in [3.8, 4) is 0 Å². The number of aromatic nitrogens is 1. The lowest BCUT2D eigenvalue weighted by atomic mass is 9.86. The van der Waals surface area contributed by atoms with Crippen LogP contribution in [-0.2, 0) is 5.41 Å². The van der Waals surface area contributed by atoms with Crippen LogP contribution < -0.4 is 4.73 Å². The van der Waals surface area contributed by atoms with Gasteiger partial charge in [-0.1, -0.05) is 20.8 Å². The Morgan fingerprint density at radius 3 is 2.15 bits per heavy atom. The standard InChI is InChI=1S/C11H18NO/c1-8-6-7-10(11(3,4)5)9(2)12(8)13/h6-7,13H,1-5H3/q+1. The van der Waals surface area contributed by atoms with Gasteiger partial charge in [-0.3, -0.25) is 5.21 Å². The predicted octanol–water partition coefficient (Wildman–Crippen LogP) is 2.13. The van der Waals surface area contributed by atoms with Crippen LogP contribution in [0.25, 0.3) is 0 Å². The molecule has 1 N–H and O–H groups in total. The normalized spacial score (nSPS) is 11.8. The van der Waals surface area contributed by atoms with Gasteiger partial charge in [0.05, 0.1) is 0 Å². The van der Waals surface area contributed by atoms with Gasteiger partial charge in [0.15, 0.2) is 0 Å². The van der Waals surface area contributed by atoms with E-state index in [0.29, 0.717) is 0 Å². The Labute approximate surface area is 79.8 Å². The Bertz CT molecular complexity index is 324. The van der Waals surface area contributed by atoms with Crippen molar-refractivity contribution in [2.45, 2.75) is 40.0 Å². The van der Waals surface area contributed by atoms with Crippen molar-refractivity contribution in [3.05, 3.63) is 29.1 Å². The smallest absolute Gasteiger partial charge is 0.235 e. The lowest BCUT2D eigenvalue weighted by molar-refractivity contribution is -0.913. The molecule has 0 aliphatic heterocycles. The molecule has 1 heterocycles. The molecule has 0 aliphatic carbocycles. The molecule has 0 saturated heterocycles. The zero-order valence-corrected chi connectivity index (χ0v) is 9.05. The second kappa shape index (κ2) is 3.02. The highest BCUT2D eigenvalue weighted by atomic mass is 16.5.